The third-order valence-corrected chi connectivity index (χ3v) is 2.84. The second kappa shape index (κ2) is 6.19. The fourth-order valence-corrected chi connectivity index (χ4v) is 1.83. The Balaban J connectivity index is 2.65. The van der Waals surface area contributed by atoms with E-state index in [0.29, 0.717) is 18.5 Å². The second-order valence-electron chi connectivity index (χ2n) is 4.54. The van der Waals surface area contributed by atoms with Gasteiger partial charge in [-0.05, 0) is 31.9 Å². The average Bonchev–Trinajstić information content (AvgIpc) is 2.27. The number of hydrogen-bond acceptors (Lipinski definition) is 2. The van der Waals surface area contributed by atoms with E-state index in [1.54, 1.807) is 11.9 Å². The predicted octanol–water partition coefficient (Wildman–Crippen LogP) is 2.24. The first-order valence-corrected chi connectivity index (χ1v) is 5.96. The minimum Gasteiger partial charge on any atom is -0.481 e. The van der Waals surface area contributed by atoms with Crippen molar-refractivity contribution in [3.63, 3.8) is 0 Å². The molecule has 4 heteroatoms. The van der Waals surface area contributed by atoms with Crippen LogP contribution < -0.4 is 0 Å². The van der Waals surface area contributed by atoms with Gasteiger partial charge in [-0.3, -0.25) is 9.59 Å². The molecule has 0 unspecified atom stereocenters. The summed E-state index contributed by atoms with van der Waals surface area (Å²) < 4.78 is 0. The molecule has 0 saturated heterocycles. The summed E-state index contributed by atoms with van der Waals surface area (Å²) in [6, 6.07) is 5.70. The molecule has 1 amide bonds. The van der Waals surface area contributed by atoms with Crippen LogP contribution >= 0.6 is 0 Å². The highest BCUT2D eigenvalue weighted by Crippen LogP contribution is 2.13. The predicted molar refractivity (Wildman–Crippen MR) is 69.7 cm³/mol. The van der Waals surface area contributed by atoms with Crippen LogP contribution in [0.3, 0.4) is 0 Å². The molecule has 0 bridgehead atoms. The summed E-state index contributed by atoms with van der Waals surface area (Å²) in [6.07, 6.45) is 0.562. The van der Waals surface area contributed by atoms with Crippen molar-refractivity contribution in [2.24, 2.45) is 0 Å². The van der Waals surface area contributed by atoms with E-state index in [2.05, 4.69) is 0 Å². The largest absolute Gasteiger partial charge is 0.481 e. The van der Waals surface area contributed by atoms with Gasteiger partial charge in [0.15, 0.2) is 0 Å². The third kappa shape index (κ3) is 3.87. The van der Waals surface area contributed by atoms with Crippen LogP contribution in [0.5, 0.6) is 0 Å². The number of carbonyl (C=O) groups excluding carboxylic acids is 1. The van der Waals surface area contributed by atoms with Crippen molar-refractivity contribution in [2.75, 3.05) is 13.6 Å². The quantitative estimate of drug-likeness (QED) is 0.870. The smallest absolute Gasteiger partial charge is 0.303 e. The Bertz CT molecular complexity index is 454. The lowest BCUT2D eigenvalue weighted by Crippen LogP contribution is -2.28. The number of aliphatic carboxylic acids is 1. The van der Waals surface area contributed by atoms with Crippen LogP contribution in [0.4, 0.5) is 0 Å². The van der Waals surface area contributed by atoms with Crippen LogP contribution in [0.25, 0.3) is 0 Å². The topological polar surface area (TPSA) is 57.6 Å². The molecule has 1 aromatic rings. The molecule has 0 aliphatic carbocycles. The molecule has 1 aromatic carbocycles. The normalized spacial score (nSPS) is 10.2. The van der Waals surface area contributed by atoms with Gasteiger partial charge in [0.2, 0.25) is 0 Å². The fraction of sp³-hybridized carbons (Fsp3) is 0.429. The van der Waals surface area contributed by atoms with Crippen molar-refractivity contribution in [1.29, 1.82) is 0 Å². The number of carboxylic acids is 1. The molecule has 1 N–H and O–H groups in total. The van der Waals surface area contributed by atoms with Gasteiger partial charge in [-0.2, -0.15) is 0 Å². The lowest BCUT2D eigenvalue weighted by Gasteiger charge is -2.18. The molecule has 98 valence electrons. The van der Waals surface area contributed by atoms with Crippen molar-refractivity contribution in [2.45, 2.75) is 26.7 Å². The molecule has 0 radical (unpaired) electrons. The van der Waals surface area contributed by atoms with E-state index in [1.807, 2.05) is 32.0 Å². The van der Waals surface area contributed by atoms with E-state index in [4.69, 9.17) is 5.11 Å². The van der Waals surface area contributed by atoms with Crippen LogP contribution in [-0.4, -0.2) is 35.5 Å². The zero-order valence-electron chi connectivity index (χ0n) is 11.1. The molecule has 0 aliphatic rings. The van der Waals surface area contributed by atoms with Gasteiger partial charge in [0.05, 0.1) is 0 Å². The molecule has 0 aromatic heterocycles. The van der Waals surface area contributed by atoms with Crippen LogP contribution in [-0.2, 0) is 4.79 Å². The van der Waals surface area contributed by atoms with Crippen molar-refractivity contribution < 1.29 is 14.7 Å². The molecule has 0 spiro atoms. The molecule has 0 heterocycles. The Morgan fingerprint density at radius 2 is 1.94 bits per heavy atom. The van der Waals surface area contributed by atoms with E-state index in [0.717, 1.165) is 11.1 Å². The van der Waals surface area contributed by atoms with Crippen LogP contribution in [0, 0.1) is 13.8 Å². The molecular formula is C14H19NO3. The lowest BCUT2D eigenvalue weighted by molar-refractivity contribution is -0.137. The zero-order chi connectivity index (χ0) is 13.7. The molecule has 0 fully saturated rings. The maximum atomic E-state index is 12.1. The number of aryl methyl sites for hydroxylation is 2. The number of benzene rings is 1. The maximum Gasteiger partial charge on any atom is 0.303 e. The summed E-state index contributed by atoms with van der Waals surface area (Å²) in [4.78, 5) is 24.1. The first-order chi connectivity index (χ1) is 8.41. The van der Waals surface area contributed by atoms with Crippen molar-refractivity contribution in [1.82, 2.24) is 4.90 Å². The van der Waals surface area contributed by atoms with E-state index in [-0.39, 0.29) is 12.3 Å². The van der Waals surface area contributed by atoms with Crippen molar-refractivity contribution in [3.8, 4) is 0 Å². The number of rotatable bonds is 5. The van der Waals surface area contributed by atoms with E-state index in [1.165, 1.54) is 0 Å². The molecule has 0 atom stereocenters. The third-order valence-electron chi connectivity index (χ3n) is 2.84. The Labute approximate surface area is 107 Å². The Kier molecular flexibility index (Phi) is 4.89. The second-order valence-corrected chi connectivity index (χ2v) is 4.54. The average molecular weight is 249 g/mol. The number of amides is 1. The van der Waals surface area contributed by atoms with Crippen molar-refractivity contribution in [3.05, 3.63) is 34.9 Å². The van der Waals surface area contributed by atoms with Gasteiger partial charge in [-0.25, -0.2) is 0 Å². The van der Waals surface area contributed by atoms with E-state index >= 15 is 0 Å². The van der Waals surface area contributed by atoms with Gasteiger partial charge in [0, 0.05) is 25.6 Å². The summed E-state index contributed by atoms with van der Waals surface area (Å²) in [5.74, 6) is -0.889. The van der Waals surface area contributed by atoms with Gasteiger partial charge in [0.25, 0.3) is 5.91 Å². The summed E-state index contributed by atoms with van der Waals surface area (Å²) in [5.41, 5.74) is 2.75. The number of hydrogen-bond donors (Lipinski definition) is 1. The van der Waals surface area contributed by atoms with E-state index < -0.39 is 5.97 Å². The highest BCUT2D eigenvalue weighted by Gasteiger charge is 2.13. The van der Waals surface area contributed by atoms with Gasteiger partial charge in [-0.15, -0.1) is 0 Å². The summed E-state index contributed by atoms with van der Waals surface area (Å²) >= 11 is 0. The number of carboxylic acid groups (broad SMARTS) is 1. The molecular weight excluding hydrogens is 230 g/mol. The summed E-state index contributed by atoms with van der Waals surface area (Å²) in [7, 11) is 1.70. The number of nitrogens with zero attached hydrogens (tertiary/aromatic N) is 1. The molecule has 0 saturated carbocycles. The molecule has 18 heavy (non-hydrogen) atoms. The van der Waals surface area contributed by atoms with Crippen LogP contribution in [0.1, 0.15) is 34.3 Å². The highest BCUT2D eigenvalue weighted by atomic mass is 16.4. The lowest BCUT2D eigenvalue weighted by atomic mass is 10.0. The Morgan fingerprint density at radius 3 is 2.50 bits per heavy atom. The summed E-state index contributed by atoms with van der Waals surface area (Å²) in [5, 5.41) is 8.55. The molecule has 4 nitrogen and oxygen atoms in total. The number of carbonyl (C=O) groups is 2. The zero-order valence-corrected chi connectivity index (χ0v) is 11.1. The van der Waals surface area contributed by atoms with Gasteiger partial charge in [0.1, 0.15) is 0 Å². The standard InChI is InChI=1S/C14H19NO3/c1-10-6-7-12(11(2)9-10)14(18)15(3)8-4-5-13(16)17/h6-7,9H,4-5,8H2,1-3H3,(H,16,17). The van der Waals surface area contributed by atoms with E-state index in [9.17, 15) is 9.59 Å². The van der Waals surface area contributed by atoms with Crippen LogP contribution in [0.15, 0.2) is 18.2 Å². The fourth-order valence-electron chi connectivity index (χ4n) is 1.83. The van der Waals surface area contributed by atoms with Crippen LogP contribution in [0.2, 0.25) is 0 Å². The van der Waals surface area contributed by atoms with Crippen molar-refractivity contribution >= 4 is 11.9 Å². The SMILES string of the molecule is Cc1ccc(C(=O)N(C)CCCC(=O)O)c(C)c1. The monoisotopic (exact) mass is 249 g/mol. The first-order valence-electron chi connectivity index (χ1n) is 5.96. The molecule has 0 aliphatic heterocycles. The Morgan fingerprint density at radius 1 is 1.28 bits per heavy atom. The van der Waals surface area contributed by atoms with Gasteiger partial charge >= 0.3 is 5.97 Å². The summed E-state index contributed by atoms with van der Waals surface area (Å²) in [6.45, 7) is 4.35. The minimum atomic E-state index is -0.831. The maximum absolute atomic E-state index is 12.1. The highest BCUT2D eigenvalue weighted by molar-refractivity contribution is 5.95. The van der Waals surface area contributed by atoms with Gasteiger partial charge < -0.3 is 10.0 Å². The van der Waals surface area contributed by atoms with Gasteiger partial charge in [-0.1, -0.05) is 17.7 Å². The first kappa shape index (κ1) is 14.2. The molecule has 1 rings (SSSR count). The Hall–Kier alpha value is -1.84. The minimum absolute atomic E-state index is 0.0575.